The Labute approximate surface area is 120 Å². The van der Waals surface area contributed by atoms with Gasteiger partial charge in [0.15, 0.2) is 11.5 Å². The topological polar surface area (TPSA) is 55.8 Å². The number of halogens is 5. The molecule has 0 spiro atoms. The van der Waals surface area contributed by atoms with E-state index in [-0.39, 0.29) is 23.4 Å². The van der Waals surface area contributed by atoms with E-state index < -0.39 is 35.1 Å². The lowest BCUT2D eigenvalue weighted by Gasteiger charge is -2.32. The molecule has 1 fully saturated rings. The number of hydrogen-bond donors (Lipinski definition) is 1. The maximum absolute atomic E-state index is 13.1. The monoisotopic (exact) mass is 326 g/mol. The molecule has 2 aliphatic rings. The van der Waals surface area contributed by atoms with Crippen LogP contribution in [0.15, 0.2) is 12.1 Å². The first-order valence-electron chi connectivity index (χ1n) is 5.80. The third-order valence-corrected chi connectivity index (χ3v) is 3.84. The number of alkyl halides is 4. The molecule has 21 heavy (non-hydrogen) atoms. The highest BCUT2D eigenvalue weighted by molar-refractivity contribution is 6.32. The molecule has 9 heteroatoms. The van der Waals surface area contributed by atoms with E-state index in [1.54, 1.807) is 0 Å². The third kappa shape index (κ3) is 1.92. The average molecular weight is 327 g/mol. The second-order valence-electron chi connectivity index (χ2n) is 4.90. The number of fused-ring (bicyclic) bond motifs is 1. The molecule has 1 aliphatic heterocycles. The van der Waals surface area contributed by atoms with Crippen LogP contribution >= 0.6 is 11.6 Å². The van der Waals surface area contributed by atoms with Gasteiger partial charge in [0.05, 0.1) is 5.41 Å². The molecule has 1 aromatic carbocycles. The number of benzene rings is 1. The zero-order chi connectivity index (χ0) is 15.6. The summed E-state index contributed by atoms with van der Waals surface area (Å²) in [5, 5.41) is 9.02. The molecule has 0 aromatic heterocycles. The molecule has 1 aliphatic carbocycles. The van der Waals surface area contributed by atoms with Crippen LogP contribution in [0, 0.1) is 0 Å². The molecule has 0 amide bonds. The van der Waals surface area contributed by atoms with Crippen molar-refractivity contribution in [3.05, 3.63) is 22.7 Å². The van der Waals surface area contributed by atoms with Crippen LogP contribution in [0.4, 0.5) is 17.6 Å². The van der Waals surface area contributed by atoms with Crippen LogP contribution in [0.2, 0.25) is 5.02 Å². The molecule has 0 unspecified atom stereocenters. The summed E-state index contributed by atoms with van der Waals surface area (Å²) in [6.45, 7) is 0. The van der Waals surface area contributed by atoms with E-state index in [4.69, 9.17) is 11.6 Å². The second kappa shape index (κ2) is 3.94. The van der Waals surface area contributed by atoms with Gasteiger partial charge in [-0.2, -0.15) is 17.6 Å². The Morgan fingerprint density at radius 3 is 2.00 bits per heavy atom. The van der Waals surface area contributed by atoms with Gasteiger partial charge < -0.3 is 14.6 Å². The summed E-state index contributed by atoms with van der Waals surface area (Å²) in [6, 6.07) is 1.78. The van der Waals surface area contributed by atoms with Gasteiger partial charge >= 0.3 is 18.2 Å². The van der Waals surface area contributed by atoms with E-state index >= 15 is 0 Å². The normalized spacial score (nSPS) is 23.5. The van der Waals surface area contributed by atoms with Crippen molar-refractivity contribution < 1.29 is 36.9 Å². The molecule has 114 valence electrons. The van der Waals surface area contributed by atoms with Gasteiger partial charge in [0.25, 0.3) is 0 Å². The highest BCUT2D eigenvalue weighted by Gasteiger charge is 2.66. The van der Waals surface area contributed by atoms with Crippen molar-refractivity contribution in [2.75, 3.05) is 0 Å². The minimum absolute atomic E-state index is 0.0417. The summed E-state index contributed by atoms with van der Waals surface area (Å²) < 4.78 is 60.2. The number of carboxylic acid groups (broad SMARTS) is 1. The minimum Gasteiger partial charge on any atom is -0.481 e. The van der Waals surface area contributed by atoms with Crippen molar-refractivity contribution in [3.8, 4) is 11.5 Å². The van der Waals surface area contributed by atoms with Gasteiger partial charge in [-0.1, -0.05) is 11.6 Å². The van der Waals surface area contributed by atoms with Crippen molar-refractivity contribution in [3.63, 3.8) is 0 Å². The van der Waals surface area contributed by atoms with Crippen LogP contribution in [0.25, 0.3) is 0 Å². The zero-order valence-corrected chi connectivity index (χ0v) is 10.9. The van der Waals surface area contributed by atoms with Crippen LogP contribution in [-0.2, 0) is 10.2 Å². The van der Waals surface area contributed by atoms with Gasteiger partial charge in [-0.25, -0.2) is 0 Å². The van der Waals surface area contributed by atoms with Gasteiger partial charge in [-0.15, -0.1) is 0 Å². The Morgan fingerprint density at radius 1 is 1.10 bits per heavy atom. The average Bonchev–Trinajstić information content (AvgIpc) is 3.11. The first kappa shape index (κ1) is 14.2. The predicted molar refractivity (Wildman–Crippen MR) is 61.1 cm³/mol. The van der Waals surface area contributed by atoms with E-state index in [9.17, 15) is 27.5 Å². The molecule has 0 bridgehead atoms. The van der Waals surface area contributed by atoms with Crippen LogP contribution in [0.1, 0.15) is 18.4 Å². The molecule has 0 atom stereocenters. The molecule has 1 N–H and O–H groups in total. The highest BCUT2D eigenvalue weighted by Crippen LogP contribution is 2.55. The summed E-state index contributed by atoms with van der Waals surface area (Å²) >= 11 is 5.86. The molecule has 3 rings (SSSR count). The first-order chi connectivity index (χ1) is 9.59. The van der Waals surface area contributed by atoms with Crippen molar-refractivity contribution in [2.45, 2.75) is 30.5 Å². The van der Waals surface area contributed by atoms with E-state index in [0.717, 1.165) is 12.1 Å². The number of carbonyl (C=O) groups is 1. The van der Waals surface area contributed by atoms with Gasteiger partial charge in [-0.05, 0) is 24.5 Å². The van der Waals surface area contributed by atoms with E-state index in [2.05, 4.69) is 9.47 Å². The van der Waals surface area contributed by atoms with Crippen molar-refractivity contribution in [1.29, 1.82) is 0 Å². The molecule has 1 aromatic rings. The second-order valence-corrected chi connectivity index (χ2v) is 5.31. The summed E-state index contributed by atoms with van der Waals surface area (Å²) in [4.78, 5) is 11.2. The standard InChI is InChI=1S/C12H7ClF4O4/c13-6-4-8-7(20-11(14,15)12(16,17)21-8)3-5(6)10(1-2-10)9(18)19/h3-4H,1-2H2,(H,18,19). The summed E-state index contributed by atoms with van der Waals surface area (Å²) in [6.07, 6.45) is -9.15. The highest BCUT2D eigenvalue weighted by atomic mass is 35.5. The van der Waals surface area contributed by atoms with Crippen LogP contribution in [-0.4, -0.2) is 23.3 Å². The Hall–Kier alpha value is -1.70. The summed E-state index contributed by atoms with van der Waals surface area (Å²) in [5.74, 6) is -2.50. The zero-order valence-electron chi connectivity index (χ0n) is 10.1. The van der Waals surface area contributed by atoms with Crippen LogP contribution in [0.3, 0.4) is 0 Å². The smallest absolute Gasteiger partial charge is 0.481 e. The summed E-state index contributed by atoms with van der Waals surface area (Å²) in [7, 11) is 0. The van der Waals surface area contributed by atoms with Gasteiger partial charge in [0.2, 0.25) is 0 Å². The third-order valence-electron chi connectivity index (χ3n) is 3.52. The molecular formula is C12H7ClF4O4. The molecule has 0 radical (unpaired) electrons. The number of rotatable bonds is 2. The van der Waals surface area contributed by atoms with E-state index in [0.29, 0.717) is 0 Å². The molecule has 4 nitrogen and oxygen atoms in total. The van der Waals surface area contributed by atoms with Gasteiger partial charge in [0.1, 0.15) is 0 Å². The fourth-order valence-corrected chi connectivity index (χ4v) is 2.51. The first-order valence-corrected chi connectivity index (χ1v) is 6.18. The molecule has 1 saturated carbocycles. The quantitative estimate of drug-likeness (QED) is 0.846. The number of ether oxygens (including phenoxy) is 2. The fourth-order valence-electron chi connectivity index (χ4n) is 2.18. The maximum Gasteiger partial charge on any atom is 0.507 e. The summed E-state index contributed by atoms with van der Waals surface area (Å²) in [5.41, 5.74) is -1.25. The predicted octanol–water partition coefficient (Wildman–Crippen LogP) is 3.41. The molecule has 0 saturated heterocycles. The number of carboxylic acids is 1. The lowest BCUT2D eigenvalue weighted by atomic mass is 9.95. The van der Waals surface area contributed by atoms with Crippen molar-refractivity contribution in [2.24, 2.45) is 0 Å². The molecule has 1 heterocycles. The van der Waals surface area contributed by atoms with Crippen LogP contribution in [0.5, 0.6) is 11.5 Å². The minimum atomic E-state index is -4.86. The molecular weight excluding hydrogens is 320 g/mol. The van der Waals surface area contributed by atoms with Crippen LogP contribution < -0.4 is 9.47 Å². The Kier molecular flexibility index (Phi) is 2.67. The van der Waals surface area contributed by atoms with E-state index in [1.807, 2.05) is 0 Å². The largest absolute Gasteiger partial charge is 0.507 e. The SMILES string of the molecule is O=C(O)C1(c2cc3c(cc2Cl)OC(F)(F)C(F)(F)O3)CC1. The number of hydrogen-bond acceptors (Lipinski definition) is 3. The van der Waals surface area contributed by atoms with Crippen molar-refractivity contribution in [1.82, 2.24) is 0 Å². The van der Waals surface area contributed by atoms with Gasteiger partial charge in [-0.3, -0.25) is 4.79 Å². The Bertz CT molecular complexity index is 642. The Balaban J connectivity index is 2.09. The van der Waals surface area contributed by atoms with E-state index in [1.165, 1.54) is 0 Å². The maximum atomic E-state index is 13.1. The van der Waals surface area contributed by atoms with Gasteiger partial charge in [0, 0.05) is 11.1 Å². The fraction of sp³-hybridized carbons (Fsp3) is 0.417. The lowest BCUT2D eigenvalue weighted by molar-refractivity contribution is -0.391. The number of aliphatic carboxylic acids is 1. The lowest BCUT2D eigenvalue weighted by Crippen LogP contribution is -2.52. The Morgan fingerprint density at radius 2 is 1.57 bits per heavy atom. The van der Waals surface area contributed by atoms with Crippen molar-refractivity contribution >= 4 is 17.6 Å².